The van der Waals surface area contributed by atoms with E-state index in [-0.39, 0.29) is 11.7 Å². The maximum Gasteiger partial charge on any atom is 0.250 e. The van der Waals surface area contributed by atoms with Crippen LogP contribution in [-0.2, 0) is 4.79 Å². The minimum Gasteiger partial charge on any atom is -0.489 e. The molecule has 0 saturated heterocycles. The highest BCUT2D eigenvalue weighted by atomic mass is 19.1. The molecule has 0 aliphatic carbocycles. The second-order valence-corrected chi connectivity index (χ2v) is 3.15. The highest BCUT2D eigenvalue weighted by Crippen LogP contribution is 2.32. The van der Waals surface area contributed by atoms with Gasteiger partial charge in [0.1, 0.15) is 18.2 Å². The molecule has 1 heterocycles. The zero-order valence-corrected chi connectivity index (χ0v) is 8.07. The second kappa shape index (κ2) is 3.73. The number of benzene rings is 1. The molecule has 0 spiro atoms. The van der Waals surface area contributed by atoms with E-state index in [2.05, 4.69) is 6.58 Å². The van der Waals surface area contributed by atoms with E-state index in [9.17, 15) is 9.18 Å². The molecule has 1 aromatic carbocycles. The molecule has 0 atom stereocenters. The monoisotopic (exact) mass is 207 g/mol. The quantitative estimate of drug-likeness (QED) is 0.656. The minimum absolute atomic E-state index is 0.203. The first-order valence-electron chi connectivity index (χ1n) is 4.58. The third-order valence-electron chi connectivity index (χ3n) is 2.23. The van der Waals surface area contributed by atoms with Crippen molar-refractivity contribution in [1.82, 2.24) is 0 Å². The van der Waals surface area contributed by atoms with Gasteiger partial charge in [0.05, 0.1) is 12.2 Å². The lowest BCUT2D eigenvalue weighted by Gasteiger charge is -2.28. The van der Waals surface area contributed by atoms with Gasteiger partial charge in [-0.05, 0) is 18.2 Å². The topological polar surface area (TPSA) is 29.5 Å². The molecule has 1 amide bonds. The van der Waals surface area contributed by atoms with Crippen LogP contribution in [0, 0.1) is 5.82 Å². The summed E-state index contributed by atoms with van der Waals surface area (Å²) < 4.78 is 18.2. The summed E-state index contributed by atoms with van der Waals surface area (Å²) in [7, 11) is 0. The van der Waals surface area contributed by atoms with Crippen molar-refractivity contribution in [2.75, 3.05) is 18.1 Å². The number of carbonyl (C=O) groups is 1. The fourth-order valence-corrected chi connectivity index (χ4v) is 1.53. The smallest absolute Gasteiger partial charge is 0.250 e. The molecule has 2 rings (SSSR count). The Hall–Kier alpha value is -1.84. The number of ether oxygens (including phenoxy) is 1. The molecule has 78 valence electrons. The molecule has 4 heteroatoms. The number of carbonyl (C=O) groups excluding carboxylic acids is 1. The molecule has 15 heavy (non-hydrogen) atoms. The highest BCUT2D eigenvalue weighted by molar-refractivity contribution is 6.02. The normalized spacial score (nSPS) is 14.1. The van der Waals surface area contributed by atoms with Crippen LogP contribution in [0.25, 0.3) is 0 Å². The van der Waals surface area contributed by atoms with E-state index in [0.717, 1.165) is 0 Å². The fraction of sp³-hybridized carbons (Fsp3) is 0.182. The van der Waals surface area contributed by atoms with E-state index in [0.29, 0.717) is 24.6 Å². The molecule has 0 saturated carbocycles. The molecule has 0 N–H and O–H groups in total. The Kier molecular flexibility index (Phi) is 2.41. The van der Waals surface area contributed by atoms with Crippen molar-refractivity contribution in [3.8, 4) is 5.75 Å². The van der Waals surface area contributed by atoms with Gasteiger partial charge in [-0.1, -0.05) is 6.58 Å². The molecular weight excluding hydrogens is 197 g/mol. The molecule has 1 aromatic rings. The molecule has 0 bridgehead atoms. The Balaban J connectivity index is 2.42. The zero-order chi connectivity index (χ0) is 10.8. The summed E-state index contributed by atoms with van der Waals surface area (Å²) in [6.45, 7) is 4.25. The lowest BCUT2D eigenvalue weighted by atomic mass is 10.2. The van der Waals surface area contributed by atoms with Crippen molar-refractivity contribution in [2.24, 2.45) is 0 Å². The number of halogens is 1. The summed E-state index contributed by atoms with van der Waals surface area (Å²) in [5.74, 6) is -0.177. The van der Waals surface area contributed by atoms with Crippen molar-refractivity contribution in [3.63, 3.8) is 0 Å². The summed E-state index contributed by atoms with van der Waals surface area (Å²) in [6.07, 6.45) is 1.23. The Labute approximate surface area is 86.8 Å². The Morgan fingerprint density at radius 2 is 2.40 bits per heavy atom. The summed E-state index contributed by atoms with van der Waals surface area (Å²) in [5.41, 5.74) is 0.590. The number of amides is 1. The van der Waals surface area contributed by atoms with Gasteiger partial charge in [-0.2, -0.15) is 0 Å². The number of fused-ring (bicyclic) bond motifs is 1. The van der Waals surface area contributed by atoms with Crippen LogP contribution in [0.15, 0.2) is 30.9 Å². The van der Waals surface area contributed by atoms with Crippen LogP contribution in [0.3, 0.4) is 0 Å². The largest absolute Gasteiger partial charge is 0.489 e. The van der Waals surface area contributed by atoms with Gasteiger partial charge in [0, 0.05) is 6.07 Å². The highest BCUT2D eigenvalue weighted by Gasteiger charge is 2.21. The van der Waals surface area contributed by atoms with Crippen molar-refractivity contribution < 1.29 is 13.9 Å². The molecule has 1 aliphatic heterocycles. The average molecular weight is 207 g/mol. The lowest BCUT2D eigenvalue weighted by molar-refractivity contribution is -0.114. The van der Waals surface area contributed by atoms with Crippen LogP contribution >= 0.6 is 0 Å². The Morgan fingerprint density at radius 1 is 1.60 bits per heavy atom. The summed E-state index contributed by atoms with van der Waals surface area (Å²) in [5, 5.41) is 0. The fourth-order valence-electron chi connectivity index (χ4n) is 1.53. The van der Waals surface area contributed by atoms with Crippen LogP contribution in [-0.4, -0.2) is 19.1 Å². The van der Waals surface area contributed by atoms with Crippen LogP contribution in [0.5, 0.6) is 5.75 Å². The standard InChI is InChI=1S/C11H10FNO2/c1-2-11(14)13-5-6-15-10-7-8(12)3-4-9(10)13/h2-4,7H,1,5-6H2. The molecular formula is C11H10FNO2. The van der Waals surface area contributed by atoms with Crippen LogP contribution < -0.4 is 9.64 Å². The van der Waals surface area contributed by atoms with Crippen molar-refractivity contribution >= 4 is 11.6 Å². The third-order valence-corrected chi connectivity index (χ3v) is 2.23. The minimum atomic E-state index is -0.373. The number of nitrogens with zero attached hydrogens (tertiary/aromatic N) is 1. The van der Waals surface area contributed by atoms with Gasteiger partial charge in [-0.15, -0.1) is 0 Å². The molecule has 1 aliphatic rings. The van der Waals surface area contributed by atoms with Gasteiger partial charge in [-0.3, -0.25) is 4.79 Å². The van der Waals surface area contributed by atoms with E-state index in [1.807, 2.05) is 0 Å². The second-order valence-electron chi connectivity index (χ2n) is 3.15. The molecule has 0 fully saturated rings. The van der Waals surface area contributed by atoms with Crippen LogP contribution in [0.1, 0.15) is 0 Å². The first kappa shape index (κ1) is 9.71. The summed E-state index contributed by atoms with van der Waals surface area (Å²) >= 11 is 0. The number of hydrogen-bond acceptors (Lipinski definition) is 2. The predicted octanol–water partition coefficient (Wildman–Crippen LogP) is 1.74. The number of hydrogen-bond donors (Lipinski definition) is 0. The Morgan fingerprint density at radius 3 is 3.13 bits per heavy atom. The van der Waals surface area contributed by atoms with Gasteiger partial charge in [0.2, 0.25) is 0 Å². The van der Waals surface area contributed by atoms with E-state index >= 15 is 0 Å². The molecule has 0 radical (unpaired) electrons. The maximum absolute atomic E-state index is 12.9. The average Bonchev–Trinajstić information content (AvgIpc) is 2.26. The molecule has 0 unspecified atom stereocenters. The van der Waals surface area contributed by atoms with Crippen molar-refractivity contribution in [2.45, 2.75) is 0 Å². The van der Waals surface area contributed by atoms with Gasteiger partial charge in [0.25, 0.3) is 5.91 Å². The van der Waals surface area contributed by atoms with Gasteiger partial charge in [0.15, 0.2) is 0 Å². The predicted molar refractivity (Wildman–Crippen MR) is 54.4 cm³/mol. The van der Waals surface area contributed by atoms with Crippen molar-refractivity contribution in [3.05, 3.63) is 36.7 Å². The van der Waals surface area contributed by atoms with E-state index in [4.69, 9.17) is 4.74 Å². The van der Waals surface area contributed by atoms with Crippen LogP contribution in [0.4, 0.5) is 10.1 Å². The molecule has 3 nitrogen and oxygen atoms in total. The van der Waals surface area contributed by atoms with Gasteiger partial charge < -0.3 is 9.64 Å². The van der Waals surface area contributed by atoms with Crippen molar-refractivity contribution in [1.29, 1.82) is 0 Å². The molecule has 0 aromatic heterocycles. The Bertz CT molecular complexity index is 417. The first-order chi connectivity index (χ1) is 7.22. The van der Waals surface area contributed by atoms with E-state index < -0.39 is 0 Å². The van der Waals surface area contributed by atoms with Crippen LogP contribution in [0.2, 0.25) is 0 Å². The van der Waals surface area contributed by atoms with E-state index in [1.165, 1.54) is 29.2 Å². The number of anilines is 1. The SMILES string of the molecule is C=CC(=O)N1CCOc2cc(F)ccc21. The van der Waals surface area contributed by atoms with E-state index in [1.54, 1.807) is 0 Å². The zero-order valence-electron chi connectivity index (χ0n) is 8.07. The van der Waals surface area contributed by atoms with Gasteiger partial charge in [-0.25, -0.2) is 4.39 Å². The number of rotatable bonds is 1. The lowest BCUT2D eigenvalue weighted by Crippen LogP contribution is -2.36. The third kappa shape index (κ3) is 1.70. The summed E-state index contributed by atoms with van der Waals surface area (Å²) in [4.78, 5) is 13.0. The van der Waals surface area contributed by atoms with Gasteiger partial charge >= 0.3 is 0 Å². The summed E-state index contributed by atoms with van der Waals surface area (Å²) in [6, 6.07) is 4.11. The maximum atomic E-state index is 12.9. The first-order valence-corrected chi connectivity index (χ1v) is 4.58.